The summed E-state index contributed by atoms with van der Waals surface area (Å²) >= 11 is 0. The molecule has 1 saturated heterocycles. The summed E-state index contributed by atoms with van der Waals surface area (Å²) in [5.41, 5.74) is -0.827. The molecule has 1 aromatic heterocycles. The second-order valence-electron chi connectivity index (χ2n) is 6.27. The molecule has 2 heterocycles. The van der Waals surface area contributed by atoms with E-state index in [2.05, 4.69) is 15.5 Å². The van der Waals surface area contributed by atoms with E-state index in [0.717, 1.165) is 18.8 Å². The van der Waals surface area contributed by atoms with E-state index >= 15 is 0 Å². The number of amides is 2. The van der Waals surface area contributed by atoms with Crippen LogP contribution in [0.2, 0.25) is 0 Å². The number of nitrogens with one attached hydrogen (secondary N) is 2. The molecule has 1 fully saturated rings. The molecule has 2 amide bonds. The lowest BCUT2D eigenvalue weighted by molar-refractivity contribution is 0.0349. The number of urea groups is 1. The predicted octanol–water partition coefficient (Wildman–Crippen LogP) is 2.27. The Kier molecular flexibility index (Phi) is 6.47. The molecule has 1 atom stereocenters. The van der Waals surface area contributed by atoms with Gasteiger partial charge >= 0.3 is 6.03 Å². The zero-order valence-corrected chi connectivity index (χ0v) is 14.2. The minimum Gasteiger partial charge on any atom is -0.468 e. The minimum absolute atomic E-state index is 0.0643. The molecule has 0 radical (unpaired) electrons. The Labute approximate surface area is 138 Å². The Hall–Kier alpha value is -1.53. The molecule has 1 aliphatic heterocycles. The first kappa shape index (κ1) is 17.8. The van der Waals surface area contributed by atoms with E-state index in [1.807, 2.05) is 26.0 Å². The van der Waals surface area contributed by atoms with E-state index in [0.29, 0.717) is 19.4 Å². The largest absolute Gasteiger partial charge is 0.468 e. The second-order valence-corrected chi connectivity index (χ2v) is 6.27. The molecular formula is C17H29N3O3. The summed E-state index contributed by atoms with van der Waals surface area (Å²) in [6.07, 6.45) is 5.27. The van der Waals surface area contributed by atoms with E-state index in [-0.39, 0.29) is 18.6 Å². The van der Waals surface area contributed by atoms with Crippen molar-refractivity contribution in [1.29, 1.82) is 0 Å². The molecular weight excluding hydrogens is 294 g/mol. The highest BCUT2D eigenvalue weighted by Gasteiger charge is 2.27. The molecule has 130 valence electrons. The van der Waals surface area contributed by atoms with Gasteiger partial charge in [0, 0.05) is 13.1 Å². The smallest absolute Gasteiger partial charge is 0.314 e. The SMILES string of the molecule is CCC(O)(CC)CNC(=O)NCC(c1ccco1)N1CCCC1. The summed E-state index contributed by atoms with van der Waals surface area (Å²) in [6, 6.07) is 3.65. The monoisotopic (exact) mass is 323 g/mol. The average molecular weight is 323 g/mol. The number of nitrogens with zero attached hydrogens (tertiary/aromatic N) is 1. The second kappa shape index (κ2) is 8.36. The van der Waals surface area contributed by atoms with Crippen LogP contribution in [0.25, 0.3) is 0 Å². The number of carbonyl (C=O) groups excluding carboxylic acids is 1. The molecule has 0 aliphatic carbocycles. The van der Waals surface area contributed by atoms with Gasteiger partial charge in [-0.2, -0.15) is 0 Å². The van der Waals surface area contributed by atoms with Crippen molar-refractivity contribution in [3.63, 3.8) is 0 Å². The van der Waals surface area contributed by atoms with Crippen LogP contribution in [0.4, 0.5) is 4.79 Å². The Morgan fingerprint density at radius 3 is 2.61 bits per heavy atom. The number of aliphatic hydroxyl groups is 1. The zero-order chi connectivity index (χ0) is 16.7. The summed E-state index contributed by atoms with van der Waals surface area (Å²) in [5.74, 6) is 0.880. The molecule has 2 rings (SSSR count). The van der Waals surface area contributed by atoms with Gasteiger partial charge < -0.3 is 20.2 Å². The fraction of sp³-hybridized carbons (Fsp3) is 0.706. The number of furan rings is 1. The van der Waals surface area contributed by atoms with E-state index in [4.69, 9.17) is 4.42 Å². The van der Waals surface area contributed by atoms with Crippen molar-refractivity contribution in [2.75, 3.05) is 26.2 Å². The standard InChI is InChI=1S/C17H29N3O3/c1-3-17(22,4-2)13-19-16(21)18-12-14(15-8-7-11-23-15)20-9-5-6-10-20/h7-8,11,14,22H,3-6,9-10,12-13H2,1-2H3,(H2,18,19,21). The summed E-state index contributed by atoms with van der Waals surface area (Å²) in [6.45, 7) is 6.66. The third-order valence-corrected chi connectivity index (χ3v) is 4.80. The maximum atomic E-state index is 12.0. The highest BCUT2D eigenvalue weighted by molar-refractivity contribution is 5.73. The van der Waals surface area contributed by atoms with Crippen LogP contribution in [0.3, 0.4) is 0 Å². The topological polar surface area (TPSA) is 77.7 Å². The van der Waals surface area contributed by atoms with Crippen LogP contribution in [0.5, 0.6) is 0 Å². The van der Waals surface area contributed by atoms with Crippen LogP contribution in [-0.2, 0) is 0 Å². The lowest BCUT2D eigenvalue weighted by atomic mass is 9.98. The first-order chi connectivity index (χ1) is 11.1. The first-order valence-corrected chi connectivity index (χ1v) is 8.59. The van der Waals surface area contributed by atoms with Crippen LogP contribution in [0.15, 0.2) is 22.8 Å². The normalized spacial score (nSPS) is 17.2. The lowest BCUT2D eigenvalue weighted by Crippen LogP contribution is -2.47. The van der Waals surface area contributed by atoms with E-state index in [1.54, 1.807) is 6.26 Å². The van der Waals surface area contributed by atoms with Gasteiger partial charge in [-0.1, -0.05) is 13.8 Å². The maximum Gasteiger partial charge on any atom is 0.314 e. The highest BCUT2D eigenvalue weighted by Crippen LogP contribution is 2.24. The molecule has 1 unspecified atom stereocenters. The Morgan fingerprint density at radius 2 is 2.04 bits per heavy atom. The molecule has 1 aromatic rings. The Balaban J connectivity index is 1.85. The lowest BCUT2D eigenvalue weighted by Gasteiger charge is -2.27. The van der Waals surface area contributed by atoms with Gasteiger partial charge in [-0.25, -0.2) is 4.79 Å². The third-order valence-electron chi connectivity index (χ3n) is 4.80. The van der Waals surface area contributed by atoms with Gasteiger partial charge in [0.2, 0.25) is 0 Å². The molecule has 0 aromatic carbocycles. The average Bonchev–Trinajstić information content (AvgIpc) is 3.27. The zero-order valence-electron chi connectivity index (χ0n) is 14.2. The van der Waals surface area contributed by atoms with Gasteiger partial charge in [-0.3, -0.25) is 4.90 Å². The van der Waals surface area contributed by atoms with Gasteiger partial charge in [0.25, 0.3) is 0 Å². The fourth-order valence-electron chi connectivity index (χ4n) is 2.94. The number of likely N-dealkylation sites (tertiary alicyclic amines) is 1. The van der Waals surface area contributed by atoms with Gasteiger partial charge in [0.1, 0.15) is 5.76 Å². The number of hydrogen-bond acceptors (Lipinski definition) is 4. The number of rotatable bonds is 8. The van der Waals surface area contributed by atoms with Crippen molar-refractivity contribution < 1.29 is 14.3 Å². The van der Waals surface area contributed by atoms with Crippen molar-refractivity contribution in [1.82, 2.24) is 15.5 Å². The molecule has 6 heteroatoms. The van der Waals surface area contributed by atoms with E-state index in [9.17, 15) is 9.90 Å². The van der Waals surface area contributed by atoms with Gasteiger partial charge in [0.15, 0.2) is 0 Å². The number of hydrogen-bond donors (Lipinski definition) is 3. The molecule has 3 N–H and O–H groups in total. The summed E-state index contributed by atoms with van der Waals surface area (Å²) < 4.78 is 5.54. The molecule has 23 heavy (non-hydrogen) atoms. The summed E-state index contributed by atoms with van der Waals surface area (Å²) in [7, 11) is 0. The Bertz CT molecular complexity index is 465. The predicted molar refractivity (Wildman–Crippen MR) is 89.2 cm³/mol. The molecule has 0 bridgehead atoms. The number of carbonyl (C=O) groups is 1. The van der Waals surface area contributed by atoms with E-state index < -0.39 is 5.60 Å². The summed E-state index contributed by atoms with van der Waals surface area (Å²) in [5, 5.41) is 15.9. The molecule has 6 nitrogen and oxygen atoms in total. The fourth-order valence-corrected chi connectivity index (χ4v) is 2.94. The van der Waals surface area contributed by atoms with E-state index in [1.165, 1.54) is 12.8 Å². The first-order valence-electron chi connectivity index (χ1n) is 8.59. The van der Waals surface area contributed by atoms with Gasteiger partial charge in [0.05, 0.1) is 17.9 Å². The molecule has 1 aliphatic rings. The van der Waals surface area contributed by atoms with Crippen molar-refractivity contribution in [2.24, 2.45) is 0 Å². The van der Waals surface area contributed by atoms with Crippen LogP contribution in [0.1, 0.15) is 51.3 Å². The molecule has 0 spiro atoms. The minimum atomic E-state index is -0.827. The van der Waals surface area contributed by atoms with Crippen LogP contribution >= 0.6 is 0 Å². The van der Waals surface area contributed by atoms with Crippen molar-refractivity contribution in [2.45, 2.75) is 51.2 Å². The van der Waals surface area contributed by atoms with Gasteiger partial charge in [-0.15, -0.1) is 0 Å². The van der Waals surface area contributed by atoms with Crippen LogP contribution < -0.4 is 10.6 Å². The maximum absolute atomic E-state index is 12.0. The van der Waals surface area contributed by atoms with Crippen LogP contribution in [-0.4, -0.2) is 47.8 Å². The third kappa shape index (κ3) is 4.97. The Morgan fingerprint density at radius 1 is 1.35 bits per heavy atom. The van der Waals surface area contributed by atoms with Crippen molar-refractivity contribution in [3.8, 4) is 0 Å². The molecule has 0 saturated carbocycles. The van der Waals surface area contributed by atoms with Crippen molar-refractivity contribution >= 4 is 6.03 Å². The quantitative estimate of drug-likeness (QED) is 0.686. The summed E-state index contributed by atoms with van der Waals surface area (Å²) in [4.78, 5) is 14.4. The van der Waals surface area contributed by atoms with Gasteiger partial charge in [-0.05, 0) is 50.9 Å². The highest BCUT2D eigenvalue weighted by atomic mass is 16.3. The van der Waals surface area contributed by atoms with Crippen LogP contribution in [0, 0.1) is 0 Å². The van der Waals surface area contributed by atoms with Crippen molar-refractivity contribution in [3.05, 3.63) is 24.2 Å².